The number of halogens is 3. The Morgan fingerprint density at radius 2 is 2.11 bits per heavy atom. The van der Waals surface area contributed by atoms with Crippen LogP contribution in [0.15, 0.2) is 16.6 Å². The number of rotatable bonds is 3. The molecule has 19 heavy (non-hydrogen) atoms. The van der Waals surface area contributed by atoms with Crippen molar-refractivity contribution >= 4 is 21.7 Å². The van der Waals surface area contributed by atoms with Crippen LogP contribution < -0.4 is 0 Å². The standard InChI is InChI=1S/C15H17BrF2O/c1-15(2)7-3-4-10(15)13(19)8-9-12(17)6-5-11(16)14(9)18/h5-6,10H,3-4,7-8H2,1-2H3. The van der Waals surface area contributed by atoms with Crippen LogP contribution in [0.4, 0.5) is 8.78 Å². The van der Waals surface area contributed by atoms with E-state index in [1.807, 2.05) is 0 Å². The van der Waals surface area contributed by atoms with E-state index < -0.39 is 11.6 Å². The molecule has 0 bridgehead atoms. The first-order valence-corrected chi connectivity index (χ1v) is 7.27. The zero-order valence-electron chi connectivity index (χ0n) is 11.1. The van der Waals surface area contributed by atoms with Gasteiger partial charge in [-0.15, -0.1) is 0 Å². The molecule has 1 fully saturated rings. The highest BCUT2D eigenvalue weighted by molar-refractivity contribution is 9.10. The lowest BCUT2D eigenvalue weighted by Crippen LogP contribution is -2.27. The van der Waals surface area contributed by atoms with Gasteiger partial charge in [-0.3, -0.25) is 4.79 Å². The molecule has 1 atom stereocenters. The van der Waals surface area contributed by atoms with Crippen LogP contribution in [0.1, 0.15) is 38.7 Å². The van der Waals surface area contributed by atoms with Crippen molar-refractivity contribution < 1.29 is 13.6 Å². The third kappa shape index (κ3) is 2.88. The van der Waals surface area contributed by atoms with Crippen LogP contribution in [-0.2, 0) is 11.2 Å². The molecule has 0 heterocycles. The number of ketones is 1. The minimum Gasteiger partial charge on any atom is -0.299 e. The molecular weight excluding hydrogens is 314 g/mol. The highest BCUT2D eigenvalue weighted by Crippen LogP contribution is 2.43. The van der Waals surface area contributed by atoms with Crippen LogP contribution in [-0.4, -0.2) is 5.78 Å². The Hall–Kier alpha value is -0.770. The maximum Gasteiger partial charge on any atom is 0.143 e. The molecule has 0 aromatic heterocycles. The summed E-state index contributed by atoms with van der Waals surface area (Å²) in [7, 11) is 0. The minimum atomic E-state index is -0.663. The molecule has 0 spiro atoms. The molecule has 0 aliphatic heterocycles. The van der Waals surface area contributed by atoms with Crippen LogP contribution >= 0.6 is 15.9 Å². The second kappa shape index (κ2) is 5.31. The summed E-state index contributed by atoms with van der Waals surface area (Å²) in [6.45, 7) is 4.10. The van der Waals surface area contributed by atoms with E-state index in [0.717, 1.165) is 19.3 Å². The first-order chi connectivity index (χ1) is 8.83. The first kappa shape index (κ1) is 14.6. The van der Waals surface area contributed by atoms with Gasteiger partial charge in [0.15, 0.2) is 0 Å². The molecule has 1 aromatic carbocycles. The minimum absolute atomic E-state index is 0.0570. The van der Waals surface area contributed by atoms with E-state index >= 15 is 0 Å². The van der Waals surface area contributed by atoms with E-state index in [2.05, 4.69) is 29.8 Å². The predicted molar refractivity (Wildman–Crippen MR) is 73.9 cm³/mol. The number of hydrogen-bond donors (Lipinski definition) is 0. The normalized spacial score (nSPS) is 21.6. The van der Waals surface area contributed by atoms with Gasteiger partial charge in [-0.2, -0.15) is 0 Å². The lowest BCUT2D eigenvalue weighted by molar-refractivity contribution is -0.124. The molecular formula is C15H17BrF2O. The van der Waals surface area contributed by atoms with E-state index in [4.69, 9.17) is 0 Å². The largest absolute Gasteiger partial charge is 0.299 e. The van der Waals surface area contributed by atoms with Crippen molar-refractivity contribution in [1.29, 1.82) is 0 Å². The van der Waals surface area contributed by atoms with Gasteiger partial charge in [0.05, 0.1) is 4.47 Å². The highest BCUT2D eigenvalue weighted by Gasteiger charge is 2.39. The molecule has 0 saturated heterocycles. The van der Waals surface area contributed by atoms with Crippen LogP contribution in [0.3, 0.4) is 0 Å². The molecule has 104 valence electrons. The maximum atomic E-state index is 13.9. The van der Waals surface area contributed by atoms with Crippen molar-refractivity contribution in [2.45, 2.75) is 39.5 Å². The summed E-state index contributed by atoms with van der Waals surface area (Å²) in [4.78, 5) is 12.3. The van der Waals surface area contributed by atoms with Gasteiger partial charge in [-0.1, -0.05) is 20.3 Å². The topological polar surface area (TPSA) is 17.1 Å². The lowest BCUT2D eigenvalue weighted by atomic mass is 9.78. The Morgan fingerprint density at radius 3 is 2.68 bits per heavy atom. The average molecular weight is 331 g/mol. The monoisotopic (exact) mass is 330 g/mol. The second-order valence-electron chi connectivity index (χ2n) is 5.90. The second-order valence-corrected chi connectivity index (χ2v) is 6.75. The van der Waals surface area contributed by atoms with Gasteiger partial charge >= 0.3 is 0 Å². The molecule has 1 aliphatic carbocycles. The summed E-state index contributed by atoms with van der Waals surface area (Å²) in [5, 5.41) is 0. The maximum absolute atomic E-state index is 13.9. The summed E-state index contributed by atoms with van der Waals surface area (Å²) < 4.78 is 27.7. The Morgan fingerprint density at radius 1 is 1.42 bits per heavy atom. The van der Waals surface area contributed by atoms with Gasteiger partial charge in [-0.25, -0.2) is 8.78 Å². The summed E-state index contributed by atoms with van der Waals surface area (Å²) >= 11 is 3.02. The van der Waals surface area contributed by atoms with Gasteiger partial charge in [0.25, 0.3) is 0 Å². The molecule has 0 radical (unpaired) electrons. The highest BCUT2D eigenvalue weighted by atomic mass is 79.9. The van der Waals surface area contributed by atoms with E-state index in [-0.39, 0.29) is 33.6 Å². The summed E-state index contributed by atoms with van der Waals surface area (Å²) in [6, 6.07) is 2.51. The fourth-order valence-electron chi connectivity index (χ4n) is 2.95. The van der Waals surface area contributed by atoms with Gasteiger partial charge in [0, 0.05) is 17.9 Å². The number of benzene rings is 1. The number of carbonyl (C=O) groups is 1. The van der Waals surface area contributed by atoms with Crippen LogP contribution in [0, 0.1) is 23.0 Å². The molecule has 0 N–H and O–H groups in total. The number of carbonyl (C=O) groups excluding carboxylic acids is 1. The van der Waals surface area contributed by atoms with Gasteiger partial charge in [0.1, 0.15) is 17.4 Å². The Kier molecular flexibility index (Phi) is 4.09. The quantitative estimate of drug-likeness (QED) is 0.736. The van der Waals surface area contributed by atoms with Crippen molar-refractivity contribution in [3.05, 3.63) is 33.8 Å². The fraction of sp³-hybridized carbons (Fsp3) is 0.533. The smallest absolute Gasteiger partial charge is 0.143 e. The van der Waals surface area contributed by atoms with Gasteiger partial charge in [0.2, 0.25) is 0 Å². The van der Waals surface area contributed by atoms with E-state index in [0.29, 0.717) is 0 Å². The molecule has 0 amide bonds. The first-order valence-electron chi connectivity index (χ1n) is 6.48. The Bertz CT molecular complexity index is 511. The van der Waals surface area contributed by atoms with Crippen molar-refractivity contribution in [2.24, 2.45) is 11.3 Å². The molecule has 4 heteroatoms. The molecule has 1 aliphatic rings. The SMILES string of the molecule is CC1(C)CCCC1C(=O)Cc1c(F)ccc(Br)c1F. The van der Waals surface area contributed by atoms with E-state index in [1.54, 1.807) is 0 Å². The van der Waals surface area contributed by atoms with Crippen LogP contribution in [0.2, 0.25) is 0 Å². The van der Waals surface area contributed by atoms with Crippen molar-refractivity contribution in [3.63, 3.8) is 0 Å². The predicted octanol–water partition coefficient (Wildman–Crippen LogP) is 4.67. The van der Waals surface area contributed by atoms with E-state index in [1.165, 1.54) is 12.1 Å². The zero-order chi connectivity index (χ0) is 14.2. The third-order valence-electron chi connectivity index (χ3n) is 4.14. The van der Waals surface area contributed by atoms with Crippen molar-refractivity contribution in [1.82, 2.24) is 0 Å². The van der Waals surface area contributed by atoms with Crippen LogP contribution in [0.25, 0.3) is 0 Å². The average Bonchev–Trinajstić information content (AvgIpc) is 2.69. The molecule has 1 saturated carbocycles. The summed E-state index contributed by atoms with van der Waals surface area (Å²) in [6.07, 6.45) is 2.66. The van der Waals surface area contributed by atoms with Gasteiger partial charge < -0.3 is 0 Å². The van der Waals surface area contributed by atoms with Crippen molar-refractivity contribution in [2.75, 3.05) is 0 Å². The summed E-state index contributed by atoms with van der Waals surface area (Å²) in [5.41, 5.74) is -0.183. The number of Topliss-reactive ketones (excluding diaryl/α,β-unsaturated/α-hetero) is 1. The van der Waals surface area contributed by atoms with Gasteiger partial charge in [-0.05, 0) is 46.3 Å². The molecule has 2 rings (SSSR count). The summed E-state index contributed by atoms with van der Waals surface area (Å²) in [5.74, 6) is -1.46. The van der Waals surface area contributed by atoms with Crippen LogP contribution in [0.5, 0.6) is 0 Å². The van der Waals surface area contributed by atoms with E-state index in [9.17, 15) is 13.6 Å². The molecule has 1 unspecified atom stereocenters. The van der Waals surface area contributed by atoms with Crippen molar-refractivity contribution in [3.8, 4) is 0 Å². The Balaban J connectivity index is 2.23. The number of hydrogen-bond acceptors (Lipinski definition) is 1. The zero-order valence-corrected chi connectivity index (χ0v) is 12.7. The molecule has 1 nitrogen and oxygen atoms in total. The third-order valence-corrected chi connectivity index (χ3v) is 4.75. The molecule has 1 aromatic rings. The Labute approximate surface area is 120 Å². The lowest BCUT2D eigenvalue weighted by Gasteiger charge is -2.25. The fourth-order valence-corrected chi connectivity index (χ4v) is 3.32.